The van der Waals surface area contributed by atoms with Crippen LogP contribution in [0.5, 0.6) is 0 Å². The molecule has 2 N–H and O–H groups in total. The van der Waals surface area contributed by atoms with Crippen molar-refractivity contribution >= 4 is 0 Å². The highest BCUT2D eigenvalue weighted by Gasteiger charge is 2.05. The van der Waals surface area contributed by atoms with Gasteiger partial charge in [-0.2, -0.15) is 0 Å². The first-order valence-corrected chi connectivity index (χ1v) is 4.27. The fourth-order valence-electron chi connectivity index (χ4n) is 1.15. The number of halogens is 2. The SMILES string of the molecule is CC(CN)Cc1ccc(F)c(F)c1. The molecule has 0 fully saturated rings. The van der Waals surface area contributed by atoms with Gasteiger partial charge in [-0.1, -0.05) is 13.0 Å². The van der Waals surface area contributed by atoms with Gasteiger partial charge in [-0.05, 0) is 36.6 Å². The first-order chi connectivity index (χ1) is 6.13. The summed E-state index contributed by atoms with van der Waals surface area (Å²) in [5.41, 5.74) is 6.21. The molecule has 0 radical (unpaired) electrons. The Morgan fingerprint density at radius 2 is 2.00 bits per heavy atom. The maximum atomic E-state index is 12.7. The second-order valence-corrected chi connectivity index (χ2v) is 3.29. The number of hydrogen-bond donors (Lipinski definition) is 1. The summed E-state index contributed by atoms with van der Waals surface area (Å²) >= 11 is 0. The van der Waals surface area contributed by atoms with Crippen molar-refractivity contribution in [3.8, 4) is 0 Å². The van der Waals surface area contributed by atoms with E-state index in [1.807, 2.05) is 6.92 Å². The Balaban J connectivity index is 2.73. The topological polar surface area (TPSA) is 26.0 Å². The number of nitrogens with two attached hydrogens (primary N) is 1. The van der Waals surface area contributed by atoms with Gasteiger partial charge in [0.25, 0.3) is 0 Å². The van der Waals surface area contributed by atoms with Crippen molar-refractivity contribution in [2.24, 2.45) is 11.7 Å². The smallest absolute Gasteiger partial charge is 0.159 e. The molecular weight excluding hydrogens is 172 g/mol. The summed E-state index contributed by atoms with van der Waals surface area (Å²) in [7, 11) is 0. The van der Waals surface area contributed by atoms with E-state index < -0.39 is 11.6 Å². The summed E-state index contributed by atoms with van der Waals surface area (Å²) < 4.78 is 25.2. The van der Waals surface area contributed by atoms with Gasteiger partial charge >= 0.3 is 0 Å². The molecule has 0 aliphatic rings. The Hall–Kier alpha value is -0.960. The third-order valence-electron chi connectivity index (χ3n) is 1.97. The first kappa shape index (κ1) is 10.1. The molecule has 1 atom stereocenters. The summed E-state index contributed by atoms with van der Waals surface area (Å²) in [6.07, 6.45) is 0.688. The van der Waals surface area contributed by atoms with E-state index in [0.29, 0.717) is 18.9 Å². The lowest BCUT2D eigenvalue weighted by Gasteiger charge is -2.07. The fraction of sp³-hybridized carbons (Fsp3) is 0.400. The molecule has 0 spiro atoms. The maximum absolute atomic E-state index is 12.7. The summed E-state index contributed by atoms with van der Waals surface area (Å²) in [5, 5.41) is 0. The van der Waals surface area contributed by atoms with Gasteiger partial charge in [-0.15, -0.1) is 0 Å². The minimum atomic E-state index is -0.802. The lowest BCUT2D eigenvalue weighted by molar-refractivity contribution is 0.504. The molecule has 0 amide bonds. The molecule has 13 heavy (non-hydrogen) atoms. The van der Waals surface area contributed by atoms with Crippen LogP contribution in [0, 0.1) is 17.6 Å². The van der Waals surface area contributed by atoms with Crippen LogP contribution in [0.15, 0.2) is 18.2 Å². The molecule has 0 aromatic heterocycles. The molecule has 1 rings (SSSR count). The van der Waals surface area contributed by atoms with Crippen molar-refractivity contribution in [1.29, 1.82) is 0 Å². The van der Waals surface area contributed by atoms with Crippen LogP contribution in [0.3, 0.4) is 0 Å². The zero-order chi connectivity index (χ0) is 9.84. The van der Waals surface area contributed by atoms with Crippen LogP contribution in [-0.4, -0.2) is 6.54 Å². The standard InChI is InChI=1S/C10H13F2N/c1-7(6-13)4-8-2-3-9(11)10(12)5-8/h2-3,5,7H,4,6,13H2,1H3. The molecule has 3 heteroatoms. The van der Waals surface area contributed by atoms with E-state index >= 15 is 0 Å². The van der Waals surface area contributed by atoms with Gasteiger partial charge in [0, 0.05) is 0 Å². The average molecular weight is 185 g/mol. The molecule has 0 heterocycles. The average Bonchev–Trinajstić information content (AvgIpc) is 2.11. The van der Waals surface area contributed by atoms with Gasteiger partial charge in [-0.25, -0.2) is 8.78 Å². The monoisotopic (exact) mass is 185 g/mol. The highest BCUT2D eigenvalue weighted by molar-refractivity contribution is 5.18. The summed E-state index contributed by atoms with van der Waals surface area (Å²) in [6, 6.07) is 3.96. The number of benzene rings is 1. The Morgan fingerprint density at radius 1 is 1.31 bits per heavy atom. The third kappa shape index (κ3) is 2.77. The molecule has 1 unspecified atom stereocenters. The van der Waals surface area contributed by atoms with E-state index in [9.17, 15) is 8.78 Å². The molecule has 1 aromatic carbocycles. The largest absolute Gasteiger partial charge is 0.330 e. The number of hydrogen-bond acceptors (Lipinski definition) is 1. The predicted octanol–water partition coefficient (Wildman–Crippen LogP) is 2.10. The lowest BCUT2D eigenvalue weighted by atomic mass is 10.0. The van der Waals surface area contributed by atoms with Crippen molar-refractivity contribution in [2.45, 2.75) is 13.3 Å². The quantitative estimate of drug-likeness (QED) is 0.766. The van der Waals surface area contributed by atoms with Gasteiger partial charge in [0.1, 0.15) is 0 Å². The van der Waals surface area contributed by atoms with Crippen LogP contribution in [0.1, 0.15) is 12.5 Å². The highest BCUT2D eigenvalue weighted by Crippen LogP contribution is 2.12. The fourth-order valence-corrected chi connectivity index (χ4v) is 1.15. The Kier molecular flexibility index (Phi) is 3.37. The molecule has 0 aliphatic carbocycles. The van der Waals surface area contributed by atoms with E-state index in [1.165, 1.54) is 6.07 Å². The Morgan fingerprint density at radius 3 is 2.54 bits per heavy atom. The van der Waals surface area contributed by atoms with Crippen molar-refractivity contribution in [3.05, 3.63) is 35.4 Å². The normalized spacial score (nSPS) is 12.9. The maximum Gasteiger partial charge on any atom is 0.159 e. The summed E-state index contributed by atoms with van der Waals surface area (Å²) in [6.45, 7) is 2.53. The number of rotatable bonds is 3. The van der Waals surface area contributed by atoms with Crippen LogP contribution >= 0.6 is 0 Å². The highest BCUT2D eigenvalue weighted by atomic mass is 19.2. The zero-order valence-electron chi connectivity index (χ0n) is 7.56. The van der Waals surface area contributed by atoms with Gasteiger partial charge < -0.3 is 5.73 Å². The van der Waals surface area contributed by atoms with Gasteiger partial charge in [0.05, 0.1) is 0 Å². The van der Waals surface area contributed by atoms with Crippen LogP contribution in [-0.2, 0) is 6.42 Å². The molecule has 1 nitrogen and oxygen atoms in total. The second kappa shape index (κ2) is 4.33. The van der Waals surface area contributed by atoms with E-state index in [-0.39, 0.29) is 0 Å². The Bertz CT molecular complexity index is 286. The van der Waals surface area contributed by atoms with Crippen molar-refractivity contribution in [3.63, 3.8) is 0 Å². The van der Waals surface area contributed by atoms with E-state index in [2.05, 4.69) is 0 Å². The molecule has 0 bridgehead atoms. The van der Waals surface area contributed by atoms with Gasteiger partial charge in [0.15, 0.2) is 11.6 Å². The van der Waals surface area contributed by atoms with Crippen molar-refractivity contribution < 1.29 is 8.78 Å². The molecule has 0 aliphatic heterocycles. The van der Waals surface area contributed by atoms with Crippen LogP contribution in [0.4, 0.5) is 8.78 Å². The first-order valence-electron chi connectivity index (χ1n) is 4.27. The zero-order valence-corrected chi connectivity index (χ0v) is 7.56. The van der Waals surface area contributed by atoms with E-state index in [4.69, 9.17) is 5.73 Å². The molecule has 1 aromatic rings. The molecular formula is C10H13F2N. The molecule has 0 saturated carbocycles. The summed E-state index contributed by atoms with van der Waals surface area (Å²) in [5.74, 6) is -1.30. The Labute approximate surface area is 76.6 Å². The summed E-state index contributed by atoms with van der Waals surface area (Å²) in [4.78, 5) is 0. The lowest BCUT2D eigenvalue weighted by Crippen LogP contribution is -2.13. The minimum Gasteiger partial charge on any atom is -0.330 e. The van der Waals surface area contributed by atoms with Gasteiger partial charge in [0.2, 0.25) is 0 Å². The van der Waals surface area contributed by atoms with Gasteiger partial charge in [-0.3, -0.25) is 0 Å². The van der Waals surface area contributed by atoms with Crippen molar-refractivity contribution in [1.82, 2.24) is 0 Å². The molecule has 72 valence electrons. The second-order valence-electron chi connectivity index (χ2n) is 3.29. The van der Waals surface area contributed by atoms with Crippen molar-refractivity contribution in [2.75, 3.05) is 6.54 Å². The van der Waals surface area contributed by atoms with Crippen LogP contribution in [0.2, 0.25) is 0 Å². The third-order valence-corrected chi connectivity index (χ3v) is 1.97. The van der Waals surface area contributed by atoms with E-state index in [1.54, 1.807) is 6.07 Å². The predicted molar refractivity (Wildman–Crippen MR) is 48.3 cm³/mol. The van der Waals surface area contributed by atoms with E-state index in [0.717, 1.165) is 11.6 Å². The van der Waals surface area contributed by atoms with Crippen LogP contribution < -0.4 is 5.73 Å². The molecule has 0 saturated heterocycles. The minimum absolute atomic E-state index is 0.296. The van der Waals surface area contributed by atoms with Crippen LogP contribution in [0.25, 0.3) is 0 Å².